The van der Waals surface area contributed by atoms with Crippen LogP contribution in [0.4, 0.5) is 5.69 Å². The van der Waals surface area contributed by atoms with Crippen LogP contribution in [0.25, 0.3) is 0 Å². The number of nitrogens with zero attached hydrogens (tertiary/aromatic N) is 1. The molecule has 1 amide bonds. The third-order valence-electron chi connectivity index (χ3n) is 2.84. The highest BCUT2D eigenvalue weighted by atomic mass is 16.2. The second kappa shape index (κ2) is 5.64. The Kier molecular flexibility index (Phi) is 3.94. The lowest BCUT2D eigenvalue weighted by atomic mass is 10.2. The fraction of sp³-hybridized carbons (Fsp3) is 0.357. The summed E-state index contributed by atoms with van der Waals surface area (Å²) in [6.07, 6.45) is 5.31. The number of carbonyl (C=O) groups excluding carboxylic acids is 1. The van der Waals surface area contributed by atoms with Gasteiger partial charge >= 0.3 is 0 Å². The number of benzene rings is 1. The number of carbonyl (C=O) groups is 1. The van der Waals surface area contributed by atoms with Crippen LogP contribution in [-0.4, -0.2) is 30.4 Å². The molecular formula is C14H18N2O. The summed E-state index contributed by atoms with van der Waals surface area (Å²) in [6, 6.07) is 7.87. The monoisotopic (exact) mass is 230 g/mol. The Labute approximate surface area is 102 Å². The zero-order valence-electron chi connectivity index (χ0n) is 10.1. The van der Waals surface area contributed by atoms with Crippen LogP contribution in [0.3, 0.4) is 0 Å². The normalized spacial score (nSPS) is 15.8. The molecule has 1 aromatic carbocycles. The van der Waals surface area contributed by atoms with Gasteiger partial charge in [-0.2, -0.15) is 0 Å². The summed E-state index contributed by atoms with van der Waals surface area (Å²) in [5.74, 6) is 0.0594. The topological polar surface area (TPSA) is 32.3 Å². The van der Waals surface area contributed by atoms with E-state index in [4.69, 9.17) is 0 Å². The molecule has 3 nitrogen and oxygen atoms in total. The standard InChI is InChI=1S/C14H18N2O/c1-12-5-7-13(8-6-12)15-14(17)11-16-9-3-2-4-10-16/h2-3,5-8H,4,9-11H2,1H3,(H,15,17). The van der Waals surface area contributed by atoms with Gasteiger partial charge in [0.05, 0.1) is 6.54 Å². The summed E-state index contributed by atoms with van der Waals surface area (Å²) in [5, 5.41) is 2.91. The minimum Gasteiger partial charge on any atom is -0.325 e. The van der Waals surface area contributed by atoms with E-state index in [1.165, 1.54) is 5.56 Å². The van der Waals surface area contributed by atoms with E-state index >= 15 is 0 Å². The molecule has 0 saturated carbocycles. The van der Waals surface area contributed by atoms with Gasteiger partial charge in [-0.1, -0.05) is 29.8 Å². The van der Waals surface area contributed by atoms with Gasteiger partial charge in [0.1, 0.15) is 0 Å². The van der Waals surface area contributed by atoms with E-state index in [1.807, 2.05) is 31.2 Å². The van der Waals surface area contributed by atoms with E-state index in [9.17, 15) is 4.79 Å². The molecule has 1 heterocycles. The lowest BCUT2D eigenvalue weighted by Gasteiger charge is -2.22. The third-order valence-corrected chi connectivity index (χ3v) is 2.84. The molecule has 1 aromatic rings. The fourth-order valence-electron chi connectivity index (χ4n) is 1.87. The fourth-order valence-corrected chi connectivity index (χ4v) is 1.87. The molecule has 0 spiro atoms. The first kappa shape index (κ1) is 11.9. The van der Waals surface area contributed by atoms with Crippen molar-refractivity contribution >= 4 is 11.6 Å². The van der Waals surface area contributed by atoms with Crippen LogP contribution in [0.1, 0.15) is 12.0 Å². The first-order valence-electron chi connectivity index (χ1n) is 5.98. The molecule has 0 saturated heterocycles. The van der Waals surface area contributed by atoms with Gasteiger partial charge in [0.2, 0.25) is 5.91 Å². The Morgan fingerprint density at radius 1 is 1.29 bits per heavy atom. The Morgan fingerprint density at radius 2 is 2.06 bits per heavy atom. The predicted molar refractivity (Wildman–Crippen MR) is 70.0 cm³/mol. The van der Waals surface area contributed by atoms with Gasteiger partial charge in [0.15, 0.2) is 0 Å². The first-order chi connectivity index (χ1) is 8.24. The van der Waals surface area contributed by atoms with Crippen molar-refractivity contribution in [3.8, 4) is 0 Å². The van der Waals surface area contributed by atoms with E-state index < -0.39 is 0 Å². The Morgan fingerprint density at radius 3 is 2.71 bits per heavy atom. The summed E-state index contributed by atoms with van der Waals surface area (Å²) < 4.78 is 0. The van der Waals surface area contributed by atoms with Crippen molar-refractivity contribution in [1.82, 2.24) is 4.90 Å². The number of aryl methyl sites for hydroxylation is 1. The maximum Gasteiger partial charge on any atom is 0.238 e. The lowest BCUT2D eigenvalue weighted by Crippen LogP contribution is -2.35. The molecule has 1 N–H and O–H groups in total. The smallest absolute Gasteiger partial charge is 0.238 e. The van der Waals surface area contributed by atoms with Gasteiger partial charge in [0.25, 0.3) is 0 Å². The summed E-state index contributed by atoms with van der Waals surface area (Å²) in [7, 11) is 0. The van der Waals surface area contributed by atoms with Crippen LogP contribution in [0.5, 0.6) is 0 Å². The van der Waals surface area contributed by atoms with Crippen LogP contribution in [0.2, 0.25) is 0 Å². The first-order valence-corrected chi connectivity index (χ1v) is 5.98. The van der Waals surface area contributed by atoms with Crippen molar-refractivity contribution in [3.63, 3.8) is 0 Å². The number of hydrogen-bond acceptors (Lipinski definition) is 2. The minimum absolute atomic E-state index is 0.0594. The van der Waals surface area contributed by atoms with E-state index in [-0.39, 0.29) is 5.91 Å². The largest absolute Gasteiger partial charge is 0.325 e. The van der Waals surface area contributed by atoms with Gasteiger partial charge in [-0.25, -0.2) is 0 Å². The quantitative estimate of drug-likeness (QED) is 0.807. The van der Waals surface area contributed by atoms with E-state index in [1.54, 1.807) is 0 Å². The third kappa shape index (κ3) is 3.71. The molecule has 0 aromatic heterocycles. The second-order valence-corrected chi connectivity index (χ2v) is 4.41. The molecule has 1 aliphatic heterocycles. The average molecular weight is 230 g/mol. The van der Waals surface area contributed by atoms with Crippen molar-refractivity contribution < 1.29 is 4.79 Å². The molecule has 0 fully saturated rings. The van der Waals surface area contributed by atoms with Crippen molar-refractivity contribution in [2.24, 2.45) is 0 Å². The van der Waals surface area contributed by atoms with Crippen LogP contribution < -0.4 is 5.32 Å². The number of nitrogens with one attached hydrogen (secondary N) is 1. The molecule has 0 unspecified atom stereocenters. The van der Waals surface area contributed by atoms with Crippen molar-refractivity contribution in [2.75, 3.05) is 25.0 Å². The SMILES string of the molecule is Cc1ccc(NC(=O)CN2CC=CCC2)cc1. The maximum atomic E-state index is 11.8. The van der Waals surface area contributed by atoms with Crippen LogP contribution in [0.15, 0.2) is 36.4 Å². The zero-order chi connectivity index (χ0) is 12.1. The zero-order valence-corrected chi connectivity index (χ0v) is 10.1. The Bertz CT molecular complexity index is 409. The second-order valence-electron chi connectivity index (χ2n) is 4.41. The van der Waals surface area contributed by atoms with E-state index in [0.717, 1.165) is 25.2 Å². The highest BCUT2D eigenvalue weighted by molar-refractivity contribution is 5.92. The number of hydrogen-bond donors (Lipinski definition) is 1. The molecule has 0 radical (unpaired) electrons. The molecule has 3 heteroatoms. The Hall–Kier alpha value is -1.61. The van der Waals surface area contributed by atoms with Gasteiger partial charge in [0, 0.05) is 18.8 Å². The molecule has 90 valence electrons. The van der Waals surface area contributed by atoms with Gasteiger partial charge in [-0.15, -0.1) is 0 Å². The molecule has 17 heavy (non-hydrogen) atoms. The number of rotatable bonds is 3. The van der Waals surface area contributed by atoms with Crippen LogP contribution in [0, 0.1) is 6.92 Å². The molecule has 2 rings (SSSR count). The summed E-state index contributed by atoms with van der Waals surface area (Å²) in [4.78, 5) is 13.9. The molecule has 0 atom stereocenters. The Balaban J connectivity index is 1.84. The lowest BCUT2D eigenvalue weighted by molar-refractivity contribution is -0.117. The maximum absolute atomic E-state index is 11.8. The predicted octanol–water partition coefficient (Wildman–Crippen LogP) is 2.20. The molecule has 0 aliphatic carbocycles. The summed E-state index contributed by atoms with van der Waals surface area (Å²) >= 11 is 0. The van der Waals surface area contributed by atoms with Crippen molar-refractivity contribution in [1.29, 1.82) is 0 Å². The van der Waals surface area contributed by atoms with Gasteiger partial charge in [-0.05, 0) is 25.5 Å². The molecule has 0 bridgehead atoms. The van der Waals surface area contributed by atoms with Crippen molar-refractivity contribution in [3.05, 3.63) is 42.0 Å². The van der Waals surface area contributed by atoms with Crippen molar-refractivity contribution in [2.45, 2.75) is 13.3 Å². The van der Waals surface area contributed by atoms with E-state index in [2.05, 4.69) is 22.4 Å². The molecular weight excluding hydrogens is 212 g/mol. The van der Waals surface area contributed by atoms with Gasteiger partial charge < -0.3 is 5.32 Å². The highest BCUT2D eigenvalue weighted by Gasteiger charge is 2.10. The summed E-state index contributed by atoms with van der Waals surface area (Å²) in [5.41, 5.74) is 2.07. The van der Waals surface area contributed by atoms with Crippen LogP contribution in [-0.2, 0) is 4.79 Å². The average Bonchev–Trinajstić information content (AvgIpc) is 2.33. The highest BCUT2D eigenvalue weighted by Crippen LogP contribution is 2.09. The van der Waals surface area contributed by atoms with Gasteiger partial charge in [-0.3, -0.25) is 9.69 Å². The minimum atomic E-state index is 0.0594. The number of amides is 1. The molecule has 1 aliphatic rings. The number of anilines is 1. The van der Waals surface area contributed by atoms with E-state index in [0.29, 0.717) is 6.54 Å². The van der Waals surface area contributed by atoms with Crippen LogP contribution >= 0.6 is 0 Å². The summed E-state index contributed by atoms with van der Waals surface area (Å²) in [6.45, 7) is 4.35.